The molecule has 0 aromatic carbocycles. The minimum Gasteiger partial charge on any atom is -0.444 e. The molecule has 2 rings (SSSR count). The Morgan fingerprint density at radius 1 is 1.08 bits per heavy atom. The van der Waals surface area contributed by atoms with Crippen molar-refractivity contribution in [3.05, 3.63) is 0 Å². The van der Waals surface area contributed by atoms with Crippen LogP contribution in [0.15, 0.2) is 0 Å². The number of carbonyl (C=O) groups excluding carboxylic acids is 1. The van der Waals surface area contributed by atoms with Gasteiger partial charge in [0, 0.05) is 23.9 Å². The van der Waals surface area contributed by atoms with E-state index in [1.165, 1.54) is 0 Å². The summed E-state index contributed by atoms with van der Waals surface area (Å²) in [5.74, 6) is 6.14. The van der Waals surface area contributed by atoms with Crippen molar-refractivity contribution in [3.63, 3.8) is 0 Å². The highest BCUT2D eigenvalue weighted by Gasteiger charge is 2.30. The third kappa shape index (κ3) is 10.4. The van der Waals surface area contributed by atoms with Crippen LogP contribution in [0.25, 0.3) is 0 Å². The Kier molecular flexibility index (Phi) is 13.8. The van der Waals surface area contributed by atoms with Gasteiger partial charge in [-0.15, -0.1) is 37.1 Å². The smallest absolute Gasteiger partial charge is 0.407 e. The summed E-state index contributed by atoms with van der Waals surface area (Å²) in [5, 5.41) is 2.78. The number of terminal acetylenes is 2. The predicted molar refractivity (Wildman–Crippen MR) is 105 cm³/mol. The van der Waals surface area contributed by atoms with Gasteiger partial charge in [0.05, 0.1) is 0 Å². The van der Waals surface area contributed by atoms with Gasteiger partial charge in [0.15, 0.2) is 0 Å². The number of amides is 1. The zero-order valence-electron chi connectivity index (χ0n) is 13.6. The highest BCUT2D eigenvalue weighted by molar-refractivity contribution is 5.85. The normalized spacial score (nSPS) is 26.4. The van der Waals surface area contributed by atoms with Crippen molar-refractivity contribution in [3.8, 4) is 24.7 Å². The number of carbonyl (C=O) groups is 1. The molecular formula is C19H35ClN2O2. The first kappa shape index (κ1) is 27.5. The highest BCUT2D eigenvalue weighted by Crippen LogP contribution is 2.26. The molecule has 0 aromatic heterocycles. The van der Waals surface area contributed by atoms with Gasteiger partial charge in [0.1, 0.15) is 5.60 Å². The van der Waals surface area contributed by atoms with Crippen LogP contribution in [0.3, 0.4) is 0 Å². The molecule has 0 aromatic rings. The Hall–Kier alpha value is -1.36. The predicted octanol–water partition coefficient (Wildman–Crippen LogP) is 3.97. The molecule has 5 heteroatoms. The maximum absolute atomic E-state index is 11.3. The molecule has 1 amide bonds. The maximum Gasteiger partial charge on any atom is 0.407 e. The number of halogens is 1. The summed E-state index contributed by atoms with van der Waals surface area (Å²) in [6, 6.07) is 0.604. The fourth-order valence-corrected chi connectivity index (χ4v) is 2.14. The van der Waals surface area contributed by atoms with Crippen molar-refractivity contribution in [1.82, 2.24) is 5.32 Å². The van der Waals surface area contributed by atoms with Crippen molar-refractivity contribution in [2.75, 3.05) is 0 Å². The van der Waals surface area contributed by atoms with E-state index in [0.29, 0.717) is 17.9 Å². The van der Waals surface area contributed by atoms with Gasteiger partial charge in [-0.05, 0) is 46.5 Å². The van der Waals surface area contributed by atoms with E-state index in [-0.39, 0.29) is 39.4 Å². The Morgan fingerprint density at radius 3 is 1.79 bits per heavy atom. The second-order valence-electron chi connectivity index (χ2n) is 6.77. The first-order valence-electron chi connectivity index (χ1n) is 7.41. The standard InChI is InChI=1S/C11H17NO2.C6H9N.2CH4.ClH/c1-5-8-6-9(7-8)12-10(13)14-11(2,3)4;1-2-5-3-6(7)4-5;;;/h1,8-9H,6-7H2,2-4H3,(H,12,13);1,5-6H,3-4,7H2;2*1H4;1H. The second-order valence-corrected chi connectivity index (χ2v) is 6.77. The van der Waals surface area contributed by atoms with Crippen LogP contribution < -0.4 is 11.1 Å². The lowest BCUT2D eigenvalue weighted by Gasteiger charge is -2.33. The Bertz CT molecular complexity index is 434. The van der Waals surface area contributed by atoms with Crippen LogP contribution in [0.5, 0.6) is 0 Å². The quantitative estimate of drug-likeness (QED) is 0.697. The van der Waals surface area contributed by atoms with Gasteiger partial charge in [-0.1, -0.05) is 14.9 Å². The molecule has 0 heterocycles. The zero-order valence-corrected chi connectivity index (χ0v) is 14.4. The van der Waals surface area contributed by atoms with E-state index in [2.05, 4.69) is 17.2 Å². The molecule has 0 aliphatic heterocycles. The lowest BCUT2D eigenvalue weighted by Crippen LogP contribution is -2.45. The van der Waals surface area contributed by atoms with E-state index in [9.17, 15) is 4.79 Å². The van der Waals surface area contributed by atoms with E-state index in [1.807, 2.05) is 20.8 Å². The molecule has 0 unspecified atom stereocenters. The Morgan fingerprint density at radius 2 is 1.50 bits per heavy atom. The van der Waals surface area contributed by atoms with E-state index < -0.39 is 5.60 Å². The SMILES string of the molecule is C.C.C#CC1CC(N)C1.C#CC1CC(NC(=O)OC(C)(C)C)C1.Cl. The number of rotatable bonds is 1. The summed E-state index contributed by atoms with van der Waals surface area (Å²) < 4.78 is 5.11. The van der Waals surface area contributed by atoms with Crippen LogP contribution in [0, 0.1) is 36.5 Å². The van der Waals surface area contributed by atoms with E-state index in [4.69, 9.17) is 23.3 Å². The summed E-state index contributed by atoms with van der Waals surface area (Å²) in [6.07, 6.45) is 13.8. The van der Waals surface area contributed by atoms with E-state index in [0.717, 1.165) is 25.7 Å². The van der Waals surface area contributed by atoms with Gasteiger partial charge in [0.25, 0.3) is 0 Å². The monoisotopic (exact) mass is 358 g/mol. The van der Waals surface area contributed by atoms with Gasteiger partial charge in [-0.3, -0.25) is 0 Å². The first-order chi connectivity index (χ1) is 9.73. The molecule has 2 aliphatic rings. The third-order valence-corrected chi connectivity index (χ3v) is 3.50. The van der Waals surface area contributed by atoms with Crippen molar-refractivity contribution >= 4 is 18.5 Å². The van der Waals surface area contributed by atoms with Crippen molar-refractivity contribution < 1.29 is 9.53 Å². The van der Waals surface area contributed by atoms with Gasteiger partial charge >= 0.3 is 6.09 Å². The molecule has 0 radical (unpaired) electrons. The molecule has 2 aliphatic carbocycles. The van der Waals surface area contributed by atoms with E-state index >= 15 is 0 Å². The Labute approximate surface area is 155 Å². The molecule has 140 valence electrons. The summed E-state index contributed by atoms with van der Waals surface area (Å²) in [7, 11) is 0. The van der Waals surface area contributed by atoms with Crippen molar-refractivity contribution in [2.24, 2.45) is 17.6 Å². The number of hydrogen-bond acceptors (Lipinski definition) is 3. The number of ether oxygens (including phenoxy) is 1. The van der Waals surface area contributed by atoms with Crippen LogP contribution in [0.1, 0.15) is 61.3 Å². The van der Waals surface area contributed by atoms with Crippen molar-refractivity contribution in [2.45, 2.75) is 79.0 Å². The number of nitrogens with two attached hydrogens (primary N) is 1. The molecule has 24 heavy (non-hydrogen) atoms. The van der Waals surface area contributed by atoms with Crippen LogP contribution in [-0.4, -0.2) is 23.8 Å². The summed E-state index contributed by atoms with van der Waals surface area (Å²) in [4.78, 5) is 11.3. The second kappa shape index (κ2) is 12.1. The molecule has 3 N–H and O–H groups in total. The van der Waals surface area contributed by atoms with Crippen molar-refractivity contribution in [1.29, 1.82) is 0 Å². The maximum atomic E-state index is 11.3. The Balaban J connectivity index is -0.000000380. The highest BCUT2D eigenvalue weighted by atomic mass is 35.5. The minimum atomic E-state index is -0.431. The molecule has 4 nitrogen and oxygen atoms in total. The molecule has 0 spiro atoms. The molecule has 2 fully saturated rings. The van der Waals surface area contributed by atoms with Crippen LogP contribution in [-0.2, 0) is 4.74 Å². The van der Waals surface area contributed by atoms with Crippen LogP contribution >= 0.6 is 12.4 Å². The summed E-state index contributed by atoms with van der Waals surface area (Å²) >= 11 is 0. The fourth-order valence-electron chi connectivity index (χ4n) is 2.14. The number of hydrogen-bond donors (Lipinski definition) is 2. The van der Waals surface area contributed by atoms with E-state index in [1.54, 1.807) is 0 Å². The molecular weight excluding hydrogens is 324 g/mol. The third-order valence-electron chi connectivity index (χ3n) is 3.50. The van der Waals surface area contributed by atoms with Gasteiger partial charge in [-0.2, -0.15) is 0 Å². The lowest BCUT2D eigenvalue weighted by atomic mass is 9.81. The topological polar surface area (TPSA) is 64.3 Å². The number of alkyl carbamates (subject to hydrolysis) is 1. The largest absolute Gasteiger partial charge is 0.444 e. The minimum absolute atomic E-state index is 0. The van der Waals surface area contributed by atoms with Gasteiger partial charge in [-0.25, -0.2) is 4.79 Å². The molecule has 2 saturated carbocycles. The summed E-state index contributed by atoms with van der Waals surface area (Å²) in [6.45, 7) is 5.53. The lowest BCUT2D eigenvalue weighted by molar-refractivity contribution is 0.0467. The average molecular weight is 359 g/mol. The fraction of sp³-hybridized carbons (Fsp3) is 0.737. The zero-order chi connectivity index (χ0) is 16.0. The van der Waals surface area contributed by atoms with Crippen LogP contribution in [0.4, 0.5) is 4.79 Å². The molecule has 0 saturated heterocycles. The number of nitrogens with one attached hydrogen (secondary N) is 1. The van der Waals surface area contributed by atoms with Gasteiger partial charge in [0.2, 0.25) is 0 Å². The average Bonchev–Trinajstić information content (AvgIpc) is 2.27. The first-order valence-corrected chi connectivity index (χ1v) is 7.41. The van der Waals surface area contributed by atoms with Gasteiger partial charge < -0.3 is 15.8 Å². The summed E-state index contributed by atoms with van der Waals surface area (Å²) in [5.41, 5.74) is 5.02. The molecule has 0 bridgehead atoms. The van der Waals surface area contributed by atoms with Crippen LogP contribution in [0.2, 0.25) is 0 Å². The molecule has 0 atom stereocenters.